The van der Waals surface area contributed by atoms with E-state index in [-0.39, 0.29) is 41.9 Å². The molecule has 2 fully saturated rings. The largest absolute Gasteiger partial charge is 0.458 e. The van der Waals surface area contributed by atoms with Gasteiger partial charge in [-0.3, -0.25) is 4.79 Å². The van der Waals surface area contributed by atoms with Gasteiger partial charge < -0.3 is 9.47 Å². The molecule has 6 atom stereocenters. The van der Waals surface area contributed by atoms with Crippen LogP contribution in [0.4, 0.5) is 0 Å². The molecule has 30 heavy (non-hydrogen) atoms. The van der Waals surface area contributed by atoms with Crippen LogP contribution in [0, 0.1) is 23.7 Å². The number of hydrogen-bond donors (Lipinski definition) is 0. The number of benzene rings is 2. The second-order valence-corrected chi connectivity index (χ2v) is 9.44. The summed E-state index contributed by atoms with van der Waals surface area (Å²) in [5, 5.41) is 0. The molecule has 0 N–H and O–H groups in total. The minimum absolute atomic E-state index is 0.189. The predicted molar refractivity (Wildman–Crippen MR) is 113 cm³/mol. The minimum Gasteiger partial charge on any atom is -0.458 e. The van der Waals surface area contributed by atoms with Crippen molar-refractivity contribution in [3.63, 3.8) is 0 Å². The topological polar surface area (TPSA) is 52.6 Å². The molecule has 6 unspecified atom stereocenters. The molecule has 156 valence electrons. The summed E-state index contributed by atoms with van der Waals surface area (Å²) in [6.07, 6.45) is 1.64. The van der Waals surface area contributed by atoms with Crippen LogP contribution in [0.25, 0.3) is 0 Å². The summed E-state index contributed by atoms with van der Waals surface area (Å²) >= 11 is 0. The van der Waals surface area contributed by atoms with E-state index in [9.17, 15) is 9.59 Å². The Balaban J connectivity index is 1.42. The zero-order valence-electron chi connectivity index (χ0n) is 17.5. The van der Waals surface area contributed by atoms with Crippen molar-refractivity contribution in [2.24, 2.45) is 23.7 Å². The Morgan fingerprint density at radius 2 is 1.60 bits per heavy atom. The molecule has 0 heterocycles. The molecular formula is C26H28O4. The highest BCUT2D eigenvalue weighted by atomic mass is 16.6. The van der Waals surface area contributed by atoms with Gasteiger partial charge in [-0.05, 0) is 53.9 Å². The van der Waals surface area contributed by atoms with E-state index in [4.69, 9.17) is 9.47 Å². The van der Waals surface area contributed by atoms with Crippen LogP contribution < -0.4 is 0 Å². The lowest BCUT2D eigenvalue weighted by Crippen LogP contribution is -2.45. The summed E-state index contributed by atoms with van der Waals surface area (Å²) in [6.45, 7) is 4.02. The van der Waals surface area contributed by atoms with E-state index in [1.54, 1.807) is 12.1 Å². The predicted octanol–water partition coefficient (Wildman–Crippen LogP) is 4.78. The first-order valence-corrected chi connectivity index (χ1v) is 11.1. The van der Waals surface area contributed by atoms with E-state index >= 15 is 0 Å². The van der Waals surface area contributed by atoms with Crippen molar-refractivity contribution < 1.29 is 19.1 Å². The Hall–Kier alpha value is -2.62. The van der Waals surface area contributed by atoms with Gasteiger partial charge in [0.25, 0.3) is 0 Å². The van der Waals surface area contributed by atoms with E-state index in [2.05, 4.69) is 24.3 Å². The van der Waals surface area contributed by atoms with Crippen molar-refractivity contribution in [2.75, 3.05) is 0 Å². The lowest BCUT2D eigenvalue weighted by atomic mass is 9.76. The zero-order chi connectivity index (χ0) is 20.8. The minimum atomic E-state index is -0.366. The van der Waals surface area contributed by atoms with Crippen molar-refractivity contribution in [1.82, 2.24) is 0 Å². The summed E-state index contributed by atoms with van der Waals surface area (Å²) in [5.74, 6) is 1.03. The van der Waals surface area contributed by atoms with Crippen LogP contribution in [0.5, 0.6) is 0 Å². The van der Waals surface area contributed by atoms with E-state index in [0.717, 1.165) is 12.8 Å². The highest BCUT2D eigenvalue weighted by Gasteiger charge is 2.63. The molecule has 2 aromatic carbocycles. The first kappa shape index (κ1) is 19.3. The first-order valence-electron chi connectivity index (χ1n) is 11.1. The average molecular weight is 405 g/mol. The number of ether oxygens (including phenoxy) is 2. The second kappa shape index (κ2) is 7.57. The Labute approximate surface area is 177 Å². The van der Waals surface area contributed by atoms with Gasteiger partial charge in [-0.2, -0.15) is 0 Å². The normalized spacial score (nSPS) is 30.8. The zero-order valence-corrected chi connectivity index (χ0v) is 17.5. The number of rotatable bonds is 5. The van der Waals surface area contributed by atoms with Gasteiger partial charge in [-0.15, -0.1) is 0 Å². The van der Waals surface area contributed by atoms with Crippen LogP contribution in [-0.2, 0) is 20.7 Å². The third kappa shape index (κ3) is 3.23. The summed E-state index contributed by atoms with van der Waals surface area (Å²) in [5.41, 5.74) is 3.33. The molecule has 0 saturated heterocycles. The quantitative estimate of drug-likeness (QED) is 0.673. The Morgan fingerprint density at radius 3 is 2.37 bits per heavy atom. The summed E-state index contributed by atoms with van der Waals surface area (Å²) in [6, 6.07) is 17.7. The molecule has 4 nitrogen and oxygen atoms in total. The molecule has 4 heteroatoms. The van der Waals surface area contributed by atoms with Crippen molar-refractivity contribution >= 4 is 11.9 Å². The monoisotopic (exact) mass is 404 g/mol. The standard InChI is InChI=1S/C26H28O4/c1-15(2)12-22(27)29-25-21-14-20(19-13-17-10-6-7-11-18(17)23(19)21)24(25)30-26(28)16-8-4-3-5-9-16/h3-11,15,19-21,23-25H,12-14H2,1-2H3. The Morgan fingerprint density at radius 1 is 0.900 bits per heavy atom. The number of carbonyl (C=O) groups excluding carboxylic acids is 2. The molecule has 0 spiro atoms. The summed E-state index contributed by atoms with van der Waals surface area (Å²) < 4.78 is 12.1. The van der Waals surface area contributed by atoms with Crippen LogP contribution in [0.1, 0.15) is 54.1 Å². The SMILES string of the molecule is CC(C)CC(=O)OC1C2CC(C3Cc4ccccc4C32)C1OC(=O)c1ccccc1. The van der Waals surface area contributed by atoms with Gasteiger partial charge in [-0.25, -0.2) is 4.79 Å². The van der Waals surface area contributed by atoms with Gasteiger partial charge in [0.2, 0.25) is 0 Å². The molecule has 0 aliphatic heterocycles. The molecule has 2 aromatic rings. The number of hydrogen-bond acceptors (Lipinski definition) is 4. The van der Waals surface area contributed by atoms with Crippen molar-refractivity contribution in [2.45, 2.75) is 51.2 Å². The van der Waals surface area contributed by atoms with Gasteiger partial charge >= 0.3 is 11.9 Å². The van der Waals surface area contributed by atoms with E-state index in [1.165, 1.54) is 11.1 Å². The highest BCUT2D eigenvalue weighted by molar-refractivity contribution is 5.89. The summed E-state index contributed by atoms with van der Waals surface area (Å²) in [4.78, 5) is 25.4. The van der Waals surface area contributed by atoms with Crippen LogP contribution in [0.2, 0.25) is 0 Å². The molecule has 0 radical (unpaired) electrons. The number of carbonyl (C=O) groups is 2. The lowest BCUT2D eigenvalue weighted by molar-refractivity contribution is -0.162. The molecule has 3 aliphatic carbocycles. The fraction of sp³-hybridized carbons (Fsp3) is 0.462. The van der Waals surface area contributed by atoms with Gasteiger partial charge in [0.05, 0.1) is 5.56 Å². The molecule has 2 saturated carbocycles. The maximum Gasteiger partial charge on any atom is 0.338 e. The Bertz CT molecular complexity index is 951. The first-order chi connectivity index (χ1) is 14.5. The van der Waals surface area contributed by atoms with Crippen molar-refractivity contribution in [1.29, 1.82) is 0 Å². The molecule has 5 rings (SSSR count). The van der Waals surface area contributed by atoms with Gasteiger partial charge in [0.15, 0.2) is 0 Å². The van der Waals surface area contributed by atoms with Crippen LogP contribution >= 0.6 is 0 Å². The molecule has 0 amide bonds. The second-order valence-electron chi connectivity index (χ2n) is 9.44. The molecular weight excluding hydrogens is 376 g/mol. The fourth-order valence-corrected chi connectivity index (χ4v) is 6.07. The highest BCUT2D eigenvalue weighted by Crippen LogP contribution is 2.62. The van der Waals surface area contributed by atoms with E-state index in [1.807, 2.05) is 32.0 Å². The third-order valence-electron chi connectivity index (χ3n) is 7.15. The van der Waals surface area contributed by atoms with Gasteiger partial charge in [-0.1, -0.05) is 56.3 Å². The number of fused-ring (bicyclic) bond motifs is 7. The fourth-order valence-electron chi connectivity index (χ4n) is 6.07. The van der Waals surface area contributed by atoms with Gasteiger partial charge in [0, 0.05) is 18.3 Å². The Kier molecular flexibility index (Phi) is 4.88. The molecule has 0 aromatic heterocycles. The molecule has 3 aliphatic rings. The van der Waals surface area contributed by atoms with Gasteiger partial charge in [0.1, 0.15) is 12.2 Å². The maximum atomic E-state index is 12.8. The van der Waals surface area contributed by atoms with E-state index in [0.29, 0.717) is 23.8 Å². The number of esters is 2. The van der Waals surface area contributed by atoms with Crippen molar-refractivity contribution in [3.05, 3.63) is 71.3 Å². The van der Waals surface area contributed by atoms with E-state index < -0.39 is 0 Å². The third-order valence-corrected chi connectivity index (χ3v) is 7.15. The molecule has 2 bridgehead atoms. The van der Waals surface area contributed by atoms with Crippen LogP contribution in [-0.4, -0.2) is 24.1 Å². The average Bonchev–Trinajstić information content (AvgIpc) is 3.37. The maximum absolute atomic E-state index is 12.8. The van der Waals surface area contributed by atoms with Crippen LogP contribution in [0.3, 0.4) is 0 Å². The van der Waals surface area contributed by atoms with Crippen molar-refractivity contribution in [3.8, 4) is 0 Å². The summed E-state index contributed by atoms with van der Waals surface area (Å²) in [7, 11) is 0. The van der Waals surface area contributed by atoms with Crippen LogP contribution in [0.15, 0.2) is 54.6 Å². The lowest BCUT2D eigenvalue weighted by Gasteiger charge is -2.37. The smallest absolute Gasteiger partial charge is 0.338 e.